The lowest BCUT2D eigenvalue weighted by Crippen LogP contribution is -2.55. The van der Waals surface area contributed by atoms with Gasteiger partial charge in [-0.3, -0.25) is 34.5 Å². The highest BCUT2D eigenvalue weighted by molar-refractivity contribution is 8.01. The largest absolute Gasteiger partial charge is 0.490 e. The van der Waals surface area contributed by atoms with E-state index in [-0.39, 0.29) is 54.5 Å². The number of aliphatic hydroxyl groups excluding tert-OH is 2. The van der Waals surface area contributed by atoms with Crippen molar-refractivity contribution in [3.8, 4) is 5.75 Å². The molecule has 2 saturated heterocycles. The number of rotatable bonds is 13. The average molecular weight is 870 g/mol. The van der Waals surface area contributed by atoms with E-state index in [0.29, 0.717) is 17.9 Å². The molecular formula is C45H55N7O7S2. The molecule has 2 aromatic heterocycles. The number of para-hydroxylation sites is 1. The first kappa shape index (κ1) is 45.5. The van der Waals surface area contributed by atoms with Gasteiger partial charge in [0.1, 0.15) is 36.6 Å². The van der Waals surface area contributed by atoms with Gasteiger partial charge in [0.2, 0.25) is 17.7 Å². The summed E-state index contributed by atoms with van der Waals surface area (Å²) in [6, 6.07) is 22.4. The van der Waals surface area contributed by atoms with Crippen molar-refractivity contribution in [3.05, 3.63) is 126 Å². The highest BCUT2D eigenvalue weighted by Crippen LogP contribution is 2.40. The van der Waals surface area contributed by atoms with E-state index < -0.39 is 46.8 Å². The minimum absolute atomic E-state index is 0.0272. The Balaban J connectivity index is 0.000000305. The average Bonchev–Trinajstić information content (AvgIpc) is 3.80. The summed E-state index contributed by atoms with van der Waals surface area (Å²) in [5, 5.41) is 34.0. The Bertz CT molecular complexity index is 2100. The van der Waals surface area contributed by atoms with Crippen LogP contribution in [0.2, 0.25) is 0 Å². The van der Waals surface area contributed by atoms with E-state index >= 15 is 0 Å². The van der Waals surface area contributed by atoms with Crippen molar-refractivity contribution in [2.45, 2.75) is 93.5 Å². The molecular weight excluding hydrogens is 815 g/mol. The number of thioether (sulfide) groups is 2. The second-order valence-electron chi connectivity index (χ2n) is 16.3. The minimum atomic E-state index is -1.52. The molecule has 61 heavy (non-hydrogen) atoms. The summed E-state index contributed by atoms with van der Waals surface area (Å²) in [4.78, 5) is 62.3. The van der Waals surface area contributed by atoms with Crippen molar-refractivity contribution < 1.29 is 34.1 Å². The predicted molar refractivity (Wildman–Crippen MR) is 236 cm³/mol. The number of fused-ring (bicyclic) bond motifs is 1. The summed E-state index contributed by atoms with van der Waals surface area (Å²) in [6.07, 6.45) is 4.38. The fraction of sp³-hybridized carbons (Fsp3) is 0.422. The van der Waals surface area contributed by atoms with Crippen molar-refractivity contribution in [3.63, 3.8) is 0 Å². The van der Waals surface area contributed by atoms with Crippen LogP contribution in [0.25, 0.3) is 0 Å². The SMILES string of the molecule is CC1(C)SCN(C(=O)[C@@H](O)C[C@@H](Cc2ccccc2)C(=O)N[C@H]2c3ccccc3OC[C@H]2O)[C@@H]1C(=O)NCc1ccncc1.CC1(C)SCN[C@@H]1C(=O)NCc1ccncc1. The smallest absolute Gasteiger partial charge is 0.252 e. The van der Waals surface area contributed by atoms with Crippen LogP contribution in [-0.2, 0) is 38.7 Å². The van der Waals surface area contributed by atoms with Crippen molar-refractivity contribution in [2.24, 2.45) is 5.92 Å². The number of carbonyl (C=O) groups excluding carboxylic acids is 4. The van der Waals surface area contributed by atoms with Crippen LogP contribution in [-0.4, -0.2) is 101 Å². The Morgan fingerprint density at radius 2 is 1.43 bits per heavy atom. The summed E-state index contributed by atoms with van der Waals surface area (Å²) in [6.45, 7) is 8.85. The molecule has 5 heterocycles. The monoisotopic (exact) mass is 869 g/mol. The number of pyridine rings is 2. The number of benzene rings is 2. The Morgan fingerprint density at radius 3 is 2.05 bits per heavy atom. The number of carbonyl (C=O) groups is 4. The van der Waals surface area contributed by atoms with Gasteiger partial charge in [0, 0.05) is 64.7 Å². The van der Waals surface area contributed by atoms with E-state index in [1.165, 1.54) is 16.7 Å². The molecule has 324 valence electrons. The third-order valence-electron chi connectivity index (χ3n) is 11.0. The van der Waals surface area contributed by atoms with E-state index in [0.717, 1.165) is 22.6 Å². The van der Waals surface area contributed by atoms with Gasteiger partial charge in [-0.25, -0.2) is 0 Å². The number of aliphatic hydroxyl groups is 2. The molecule has 4 aromatic rings. The molecule has 3 aliphatic rings. The third-order valence-corrected chi connectivity index (χ3v) is 13.7. The topological polar surface area (TPSA) is 195 Å². The van der Waals surface area contributed by atoms with Crippen molar-refractivity contribution in [2.75, 3.05) is 18.4 Å². The molecule has 0 spiro atoms. The first-order chi connectivity index (χ1) is 29.2. The van der Waals surface area contributed by atoms with Crippen LogP contribution in [0.3, 0.4) is 0 Å². The first-order valence-corrected chi connectivity index (χ1v) is 22.3. The Labute approximate surface area is 365 Å². The number of nitrogens with one attached hydrogen (secondary N) is 4. The number of hydrogen-bond donors (Lipinski definition) is 6. The molecule has 14 nitrogen and oxygen atoms in total. The van der Waals surface area contributed by atoms with Crippen LogP contribution >= 0.6 is 23.5 Å². The van der Waals surface area contributed by atoms with Crippen LogP contribution < -0.4 is 26.0 Å². The van der Waals surface area contributed by atoms with Gasteiger partial charge in [-0.1, -0.05) is 48.5 Å². The van der Waals surface area contributed by atoms with Gasteiger partial charge in [0.05, 0.1) is 11.9 Å². The van der Waals surface area contributed by atoms with Crippen LogP contribution in [0, 0.1) is 5.92 Å². The summed E-state index contributed by atoms with van der Waals surface area (Å²) >= 11 is 3.24. The Morgan fingerprint density at radius 1 is 0.820 bits per heavy atom. The van der Waals surface area contributed by atoms with Crippen LogP contribution in [0.4, 0.5) is 0 Å². The fourth-order valence-electron chi connectivity index (χ4n) is 7.58. The molecule has 0 aliphatic carbocycles. The lowest BCUT2D eigenvalue weighted by molar-refractivity contribution is -0.147. The molecule has 6 N–H and O–H groups in total. The molecule has 3 aliphatic heterocycles. The van der Waals surface area contributed by atoms with E-state index in [2.05, 4.69) is 45.1 Å². The first-order valence-electron chi connectivity index (χ1n) is 20.3. The number of hydrogen-bond acceptors (Lipinski definition) is 12. The molecule has 0 unspecified atom stereocenters. The summed E-state index contributed by atoms with van der Waals surface area (Å²) in [5.41, 5.74) is 3.47. The maximum Gasteiger partial charge on any atom is 0.252 e. The maximum absolute atomic E-state index is 13.8. The van der Waals surface area contributed by atoms with Crippen molar-refractivity contribution in [1.29, 1.82) is 0 Å². The summed E-state index contributed by atoms with van der Waals surface area (Å²) < 4.78 is 4.98. The lowest BCUT2D eigenvalue weighted by Gasteiger charge is -2.33. The van der Waals surface area contributed by atoms with Gasteiger partial charge >= 0.3 is 0 Å². The van der Waals surface area contributed by atoms with Gasteiger partial charge in [0.15, 0.2) is 0 Å². The van der Waals surface area contributed by atoms with Crippen LogP contribution in [0.15, 0.2) is 104 Å². The molecule has 4 amide bonds. The molecule has 7 rings (SSSR count). The highest BCUT2D eigenvalue weighted by Gasteiger charge is 2.49. The number of nitrogens with zero attached hydrogens (tertiary/aromatic N) is 3. The normalized spacial score (nSPS) is 22.0. The molecule has 6 atom stereocenters. The van der Waals surface area contributed by atoms with Crippen molar-refractivity contribution in [1.82, 2.24) is 36.1 Å². The zero-order valence-corrected chi connectivity index (χ0v) is 36.5. The second-order valence-corrected chi connectivity index (χ2v) is 19.5. The summed E-state index contributed by atoms with van der Waals surface area (Å²) in [7, 11) is 0. The molecule has 2 fully saturated rings. The quantitative estimate of drug-likeness (QED) is 0.114. The van der Waals surface area contributed by atoms with E-state index in [1.807, 2.05) is 68.4 Å². The summed E-state index contributed by atoms with van der Waals surface area (Å²) in [5.74, 6) is -0.392. The minimum Gasteiger partial charge on any atom is -0.490 e. The Hall–Kier alpha value is -5.00. The van der Waals surface area contributed by atoms with Gasteiger partial charge in [-0.05, 0) is 87.6 Å². The lowest BCUT2D eigenvalue weighted by atomic mass is 9.90. The van der Waals surface area contributed by atoms with Gasteiger partial charge in [-0.2, -0.15) is 0 Å². The van der Waals surface area contributed by atoms with Gasteiger partial charge < -0.3 is 35.8 Å². The van der Waals surface area contributed by atoms with Crippen LogP contribution in [0.1, 0.15) is 62.4 Å². The maximum atomic E-state index is 13.8. The van der Waals surface area contributed by atoms with E-state index in [1.54, 1.807) is 60.8 Å². The molecule has 16 heteroatoms. The number of aromatic nitrogens is 2. The molecule has 0 radical (unpaired) electrons. The van der Waals surface area contributed by atoms with Crippen molar-refractivity contribution >= 4 is 47.2 Å². The van der Waals surface area contributed by atoms with E-state index in [9.17, 15) is 29.4 Å². The third kappa shape index (κ3) is 11.9. The van der Waals surface area contributed by atoms with Gasteiger partial charge in [0.25, 0.3) is 5.91 Å². The van der Waals surface area contributed by atoms with Crippen LogP contribution in [0.5, 0.6) is 5.75 Å². The van der Waals surface area contributed by atoms with E-state index in [4.69, 9.17) is 4.74 Å². The zero-order valence-electron chi connectivity index (χ0n) is 34.8. The zero-order chi connectivity index (χ0) is 43.6. The predicted octanol–water partition coefficient (Wildman–Crippen LogP) is 3.74. The Kier molecular flexibility index (Phi) is 15.5. The van der Waals surface area contributed by atoms with Gasteiger partial charge in [-0.15, -0.1) is 23.5 Å². The fourth-order valence-corrected chi connectivity index (χ4v) is 9.70. The number of amides is 4. The number of ether oxygens (including phenoxy) is 1. The molecule has 0 saturated carbocycles. The standard InChI is InChI=1S/C33H38N4O6S.C12H17N3OS/c1-33(2)29(31(41)35-18-22-12-14-34-15-13-22)37(20-44-33)32(42)25(38)17-23(16-21-8-4-3-5-9-21)30(40)36-28-24-10-6-7-11-27(24)43-19-26(28)39;1-12(2)10(15-8-17-12)11(16)14-7-9-3-5-13-6-4-9/h3-15,23,25-26,28-29,38-39H,16-20H2,1-2H3,(H,35,41)(H,36,40);3-6,10,15H,7-8H2,1-2H3,(H,14,16)/t23-,25+,26-,28+,29-;10-/m11/s1. The second kappa shape index (κ2) is 20.7. The highest BCUT2D eigenvalue weighted by atomic mass is 32.2. The molecule has 0 bridgehead atoms. The molecule has 2 aromatic carbocycles.